The van der Waals surface area contributed by atoms with Gasteiger partial charge in [0.25, 0.3) is 0 Å². The van der Waals surface area contributed by atoms with Crippen molar-refractivity contribution in [2.45, 2.75) is 25.3 Å². The fourth-order valence-corrected chi connectivity index (χ4v) is 3.27. The van der Waals surface area contributed by atoms with Crippen molar-refractivity contribution in [3.05, 3.63) is 36.4 Å². The van der Waals surface area contributed by atoms with Crippen LogP contribution in [0.5, 0.6) is 0 Å². The van der Waals surface area contributed by atoms with Gasteiger partial charge in [-0.05, 0) is 44.5 Å². The second kappa shape index (κ2) is 7.07. The van der Waals surface area contributed by atoms with Crippen molar-refractivity contribution in [3.8, 4) is 0 Å². The largest absolute Gasteiger partial charge is 0.396 e. The molecule has 1 aliphatic rings. The molecule has 1 aliphatic heterocycles. The number of rotatable bonds is 5. The molecule has 1 N–H and O–H groups in total. The molecule has 0 saturated carbocycles. The molecule has 1 saturated heterocycles. The molecule has 0 bridgehead atoms. The molecule has 2 aromatic rings. The maximum Gasteiger partial charge on any atom is 0.129 e. The first-order valence-corrected chi connectivity index (χ1v) is 8.20. The van der Waals surface area contributed by atoms with Crippen LogP contribution in [0.1, 0.15) is 19.3 Å². The smallest absolute Gasteiger partial charge is 0.129 e. The number of aliphatic hydroxyl groups excluding tert-OH is 1. The predicted octanol–water partition coefficient (Wildman–Crippen LogP) is 2.52. The minimum Gasteiger partial charge on any atom is -0.396 e. The van der Waals surface area contributed by atoms with Crippen LogP contribution in [-0.2, 0) is 0 Å². The number of aliphatic hydroxyl groups is 1. The van der Waals surface area contributed by atoms with E-state index in [1.54, 1.807) is 0 Å². The Labute approximate surface area is 132 Å². The van der Waals surface area contributed by atoms with E-state index in [-0.39, 0.29) is 6.61 Å². The number of hydrogen-bond donors (Lipinski definition) is 1. The number of benzene rings is 1. The second-order valence-corrected chi connectivity index (χ2v) is 6.14. The van der Waals surface area contributed by atoms with Crippen molar-refractivity contribution in [2.75, 3.05) is 38.2 Å². The van der Waals surface area contributed by atoms with Gasteiger partial charge in [0.1, 0.15) is 5.82 Å². The lowest BCUT2D eigenvalue weighted by Crippen LogP contribution is -2.44. The highest BCUT2D eigenvalue weighted by Gasteiger charge is 2.22. The van der Waals surface area contributed by atoms with Crippen LogP contribution >= 0.6 is 0 Å². The van der Waals surface area contributed by atoms with Crippen LogP contribution in [-0.4, -0.2) is 54.3 Å². The number of fused-ring (bicyclic) bond motifs is 1. The van der Waals surface area contributed by atoms with Crippen LogP contribution in [0.3, 0.4) is 0 Å². The molecule has 0 atom stereocenters. The fourth-order valence-electron chi connectivity index (χ4n) is 3.27. The Kier molecular flexibility index (Phi) is 4.90. The van der Waals surface area contributed by atoms with Crippen molar-refractivity contribution in [2.24, 2.45) is 0 Å². The third-order valence-electron chi connectivity index (χ3n) is 4.66. The number of pyridine rings is 1. The number of piperidine rings is 1. The summed E-state index contributed by atoms with van der Waals surface area (Å²) in [6.07, 6.45) is 3.19. The first-order valence-electron chi connectivity index (χ1n) is 8.20. The van der Waals surface area contributed by atoms with Gasteiger partial charge in [0.2, 0.25) is 0 Å². The standard InChI is InChI=1S/C18H25N3O/c1-20(11-4-14-22)16-9-12-21(13-10-16)18-8-7-15-5-2-3-6-17(15)19-18/h2-3,5-8,16,22H,4,9-14H2,1H3. The minimum atomic E-state index is 0.282. The van der Waals surface area contributed by atoms with Crippen LogP contribution in [0.2, 0.25) is 0 Å². The van der Waals surface area contributed by atoms with E-state index in [0.29, 0.717) is 6.04 Å². The highest BCUT2D eigenvalue weighted by Crippen LogP contribution is 2.23. The van der Waals surface area contributed by atoms with Gasteiger partial charge in [0, 0.05) is 37.7 Å². The van der Waals surface area contributed by atoms with Gasteiger partial charge in [-0.1, -0.05) is 18.2 Å². The first-order chi connectivity index (χ1) is 10.8. The third-order valence-corrected chi connectivity index (χ3v) is 4.66. The minimum absolute atomic E-state index is 0.282. The van der Waals surface area contributed by atoms with E-state index in [9.17, 15) is 0 Å². The van der Waals surface area contributed by atoms with Crippen LogP contribution < -0.4 is 4.90 Å². The lowest BCUT2D eigenvalue weighted by Gasteiger charge is -2.37. The summed E-state index contributed by atoms with van der Waals surface area (Å²) in [5.74, 6) is 1.09. The van der Waals surface area contributed by atoms with E-state index in [0.717, 1.165) is 50.2 Å². The van der Waals surface area contributed by atoms with Gasteiger partial charge in [-0.2, -0.15) is 0 Å². The van der Waals surface area contributed by atoms with Gasteiger partial charge < -0.3 is 14.9 Å². The van der Waals surface area contributed by atoms with Crippen molar-refractivity contribution in [3.63, 3.8) is 0 Å². The molecule has 0 radical (unpaired) electrons. The monoisotopic (exact) mass is 299 g/mol. The molecule has 4 heteroatoms. The number of aromatic nitrogens is 1. The van der Waals surface area contributed by atoms with E-state index in [1.807, 2.05) is 6.07 Å². The van der Waals surface area contributed by atoms with Crippen molar-refractivity contribution in [1.82, 2.24) is 9.88 Å². The summed E-state index contributed by atoms with van der Waals surface area (Å²) in [6, 6.07) is 13.2. The van der Waals surface area contributed by atoms with Gasteiger partial charge in [-0.15, -0.1) is 0 Å². The molecule has 0 aliphatic carbocycles. The van der Waals surface area contributed by atoms with Crippen molar-refractivity contribution >= 4 is 16.7 Å². The number of hydrogen-bond acceptors (Lipinski definition) is 4. The maximum atomic E-state index is 8.95. The zero-order valence-corrected chi connectivity index (χ0v) is 13.3. The average Bonchev–Trinajstić information content (AvgIpc) is 2.59. The third kappa shape index (κ3) is 3.39. The van der Waals surface area contributed by atoms with E-state index in [1.165, 1.54) is 5.39 Å². The van der Waals surface area contributed by atoms with Gasteiger partial charge in [-0.25, -0.2) is 4.98 Å². The van der Waals surface area contributed by atoms with E-state index >= 15 is 0 Å². The lowest BCUT2D eigenvalue weighted by molar-refractivity contribution is 0.184. The summed E-state index contributed by atoms with van der Waals surface area (Å²) in [6.45, 7) is 3.37. The first kappa shape index (κ1) is 15.3. The van der Waals surface area contributed by atoms with Gasteiger partial charge in [0.15, 0.2) is 0 Å². The highest BCUT2D eigenvalue weighted by atomic mass is 16.3. The quantitative estimate of drug-likeness (QED) is 0.921. The van der Waals surface area contributed by atoms with E-state index in [2.05, 4.69) is 47.2 Å². The van der Waals surface area contributed by atoms with Gasteiger partial charge >= 0.3 is 0 Å². The summed E-state index contributed by atoms with van der Waals surface area (Å²) in [5, 5.41) is 10.1. The highest BCUT2D eigenvalue weighted by molar-refractivity contribution is 5.80. The second-order valence-electron chi connectivity index (χ2n) is 6.14. The van der Waals surface area contributed by atoms with Crippen LogP contribution in [0.25, 0.3) is 10.9 Å². The summed E-state index contributed by atoms with van der Waals surface area (Å²) in [5.41, 5.74) is 1.07. The Balaban J connectivity index is 1.62. The summed E-state index contributed by atoms with van der Waals surface area (Å²) in [4.78, 5) is 9.58. The average molecular weight is 299 g/mol. The molecular formula is C18H25N3O. The Bertz CT molecular complexity index is 608. The SMILES string of the molecule is CN(CCCO)C1CCN(c2ccc3ccccc3n2)CC1. The van der Waals surface area contributed by atoms with Gasteiger partial charge in [-0.3, -0.25) is 0 Å². The van der Waals surface area contributed by atoms with E-state index < -0.39 is 0 Å². The van der Waals surface area contributed by atoms with Crippen molar-refractivity contribution < 1.29 is 5.11 Å². The molecule has 22 heavy (non-hydrogen) atoms. The number of para-hydroxylation sites is 1. The Morgan fingerprint density at radius 2 is 1.95 bits per heavy atom. The summed E-state index contributed by atoms with van der Waals surface area (Å²) in [7, 11) is 2.17. The normalized spacial score (nSPS) is 16.6. The van der Waals surface area contributed by atoms with Crippen LogP contribution in [0.15, 0.2) is 36.4 Å². The van der Waals surface area contributed by atoms with E-state index in [4.69, 9.17) is 10.1 Å². The molecule has 1 aromatic carbocycles. The maximum absolute atomic E-state index is 8.95. The molecule has 2 heterocycles. The molecule has 1 aromatic heterocycles. The molecule has 118 valence electrons. The summed E-state index contributed by atoms with van der Waals surface area (Å²) >= 11 is 0. The zero-order chi connectivity index (χ0) is 15.4. The molecule has 0 unspecified atom stereocenters. The fraction of sp³-hybridized carbons (Fsp3) is 0.500. The number of anilines is 1. The van der Waals surface area contributed by atoms with Crippen LogP contribution in [0, 0.1) is 0 Å². The Hall–Kier alpha value is -1.65. The van der Waals surface area contributed by atoms with Crippen LogP contribution in [0.4, 0.5) is 5.82 Å². The number of nitrogens with zero attached hydrogens (tertiary/aromatic N) is 3. The molecule has 3 rings (SSSR count). The molecule has 1 fully saturated rings. The predicted molar refractivity (Wildman–Crippen MR) is 91.3 cm³/mol. The molecule has 4 nitrogen and oxygen atoms in total. The molecule has 0 amide bonds. The summed E-state index contributed by atoms with van der Waals surface area (Å²) < 4.78 is 0. The zero-order valence-electron chi connectivity index (χ0n) is 13.3. The van der Waals surface area contributed by atoms with Crippen molar-refractivity contribution in [1.29, 1.82) is 0 Å². The molecule has 0 spiro atoms. The van der Waals surface area contributed by atoms with Gasteiger partial charge in [0.05, 0.1) is 5.52 Å². The Morgan fingerprint density at radius 3 is 2.73 bits per heavy atom. The lowest BCUT2D eigenvalue weighted by atomic mass is 10.0. The topological polar surface area (TPSA) is 39.6 Å². The Morgan fingerprint density at radius 1 is 1.18 bits per heavy atom. The molecular weight excluding hydrogens is 274 g/mol.